The first-order valence-electron chi connectivity index (χ1n) is 8.84. The first kappa shape index (κ1) is 20.9. The fourth-order valence-corrected chi connectivity index (χ4v) is 3.44. The highest BCUT2D eigenvalue weighted by Crippen LogP contribution is 2.30. The number of hydrogen-bond acceptors (Lipinski definition) is 3. The minimum Gasteiger partial charge on any atom is -0.487 e. The maximum atomic E-state index is 12.7. The number of carbonyl (C=O) groups excluding carboxylic acids is 1. The van der Waals surface area contributed by atoms with Crippen molar-refractivity contribution in [3.63, 3.8) is 0 Å². The first-order chi connectivity index (χ1) is 12.2. The molecule has 0 heterocycles. The summed E-state index contributed by atoms with van der Waals surface area (Å²) in [4.78, 5) is 14.4. The highest BCUT2D eigenvalue weighted by atomic mass is 79.9. The molecule has 4 nitrogen and oxygen atoms in total. The average Bonchev–Trinajstić information content (AvgIpc) is 3.03. The van der Waals surface area contributed by atoms with Gasteiger partial charge in [0.25, 0.3) is 6.43 Å². The van der Waals surface area contributed by atoms with Gasteiger partial charge in [0.1, 0.15) is 18.0 Å². The average molecular weight is 434 g/mol. The molecule has 0 unspecified atom stereocenters. The van der Waals surface area contributed by atoms with Crippen LogP contribution < -0.4 is 4.74 Å². The van der Waals surface area contributed by atoms with Crippen LogP contribution in [0.25, 0.3) is 0 Å². The largest absolute Gasteiger partial charge is 0.487 e. The summed E-state index contributed by atoms with van der Waals surface area (Å²) in [7, 11) is 0. The molecular weight excluding hydrogens is 408 g/mol. The van der Waals surface area contributed by atoms with Gasteiger partial charge in [0.15, 0.2) is 0 Å². The van der Waals surface area contributed by atoms with Crippen LogP contribution in [0.1, 0.15) is 52.0 Å². The number of halogens is 3. The number of amides is 1. The lowest BCUT2D eigenvalue weighted by atomic mass is 10.1. The SMILES string of the molecule is CC(C)(C)OC(=O)N(Cc1cc(Br)ccc1OCC(F)F)C1CCCC1. The Morgan fingerprint density at radius 1 is 1.31 bits per heavy atom. The molecule has 146 valence electrons. The summed E-state index contributed by atoms with van der Waals surface area (Å²) in [5.41, 5.74) is 0.0815. The van der Waals surface area contributed by atoms with Gasteiger partial charge in [-0.1, -0.05) is 28.8 Å². The van der Waals surface area contributed by atoms with E-state index in [1.165, 1.54) is 0 Å². The molecular formula is C19H26BrF2NO3. The van der Waals surface area contributed by atoms with E-state index < -0.39 is 18.6 Å². The van der Waals surface area contributed by atoms with Crippen LogP contribution in [0.15, 0.2) is 22.7 Å². The van der Waals surface area contributed by atoms with Gasteiger partial charge in [-0.2, -0.15) is 0 Å². The van der Waals surface area contributed by atoms with E-state index in [1.807, 2.05) is 20.8 Å². The van der Waals surface area contributed by atoms with E-state index in [1.54, 1.807) is 23.1 Å². The van der Waals surface area contributed by atoms with Crippen molar-refractivity contribution in [1.82, 2.24) is 4.90 Å². The molecule has 1 aliphatic carbocycles. The van der Waals surface area contributed by atoms with Crippen molar-refractivity contribution < 1.29 is 23.0 Å². The smallest absolute Gasteiger partial charge is 0.410 e. The first-order valence-corrected chi connectivity index (χ1v) is 9.64. The summed E-state index contributed by atoms with van der Waals surface area (Å²) in [5, 5.41) is 0. The number of ether oxygens (including phenoxy) is 2. The molecule has 1 saturated carbocycles. The minimum atomic E-state index is -2.55. The number of rotatable bonds is 6. The highest BCUT2D eigenvalue weighted by Gasteiger charge is 2.31. The number of alkyl halides is 2. The predicted molar refractivity (Wildman–Crippen MR) is 99.7 cm³/mol. The van der Waals surface area contributed by atoms with Gasteiger partial charge >= 0.3 is 6.09 Å². The van der Waals surface area contributed by atoms with Gasteiger partial charge in [0, 0.05) is 16.1 Å². The van der Waals surface area contributed by atoms with Crippen molar-refractivity contribution in [2.24, 2.45) is 0 Å². The van der Waals surface area contributed by atoms with Crippen molar-refractivity contribution in [2.75, 3.05) is 6.61 Å². The molecule has 0 atom stereocenters. The molecule has 0 saturated heterocycles. The molecule has 1 aliphatic rings. The number of benzene rings is 1. The zero-order chi connectivity index (χ0) is 19.3. The second-order valence-corrected chi connectivity index (χ2v) is 8.42. The molecule has 1 amide bonds. The van der Waals surface area contributed by atoms with Crippen LogP contribution in [0.5, 0.6) is 5.75 Å². The Morgan fingerprint density at radius 3 is 2.54 bits per heavy atom. The molecule has 0 N–H and O–H groups in total. The van der Waals surface area contributed by atoms with Gasteiger partial charge in [-0.3, -0.25) is 0 Å². The van der Waals surface area contributed by atoms with Gasteiger partial charge in [-0.25, -0.2) is 13.6 Å². The lowest BCUT2D eigenvalue weighted by Crippen LogP contribution is -2.42. The molecule has 0 aromatic heterocycles. The molecule has 0 radical (unpaired) electrons. The molecule has 0 aliphatic heterocycles. The Kier molecular flexibility index (Phi) is 7.26. The van der Waals surface area contributed by atoms with E-state index in [0.29, 0.717) is 11.3 Å². The van der Waals surface area contributed by atoms with E-state index in [2.05, 4.69) is 15.9 Å². The summed E-state index contributed by atoms with van der Waals surface area (Å²) < 4.78 is 36.7. The fourth-order valence-electron chi connectivity index (χ4n) is 3.03. The monoisotopic (exact) mass is 433 g/mol. The molecule has 1 aromatic rings. The third-order valence-electron chi connectivity index (χ3n) is 4.12. The molecule has 1 aromatic carbocycles. The normalized spacial score (nSPS) is 15.3. The van der Waals surface area contributed by atoms with Crippen LogP contribution in [0.3, 0.4) is 0 Å². The maximum absolute atomic E-state index is 12.7. The Labute approximate surface area is 162 Å². The lowest BCUT2D eigenvalue weighted by molar-refractivity contribution is 0.0141. The summed E-state index contributed by atoms with van der Waals surface area (Å²) >= 11 is 3.40. The number of hydrogen-bond donors (Lipinski definition) is 0. The van der Waals surface area contributed by atoms with Gasteiger partial charge in [0.05, 0.1) is 6.54 Å². The van der Waals surface area contributed by atoms with Crippen molar-refractivity contribution in [2.45, 2.75) is 71.1 Å². The molecule has 1 fully saturated rings. The van der Waals surface area contributed by atoms with Crippen LogP contribution in [0, 0.1) is 0 Å². The quantitative estimate of drug-likeness (QED) is 0.571. The summed E-state index contributed by atoms with van der Waals surface area (Å²) in [6.07, 6.45) is 1.03. The molecule has 7 heteroatoms. The Morgan fingerprint density at radius 2 is 1.96 bits per heavy atom. The summed E-state index contributed by atoms with van der Waals surface area (Å²) in [6, 6.07) is 5.26. The Balaban J connectivity index is 2.23. The predicted octanol–water partition coefficient (Wildman–Crippen LogP) is 5.77. The Hall–Kier alpha value is -1.37. The minimum absolute atomic E-state index is 0.0896. The lowest BCUT2D eigenvalue weighted by Gasteiger charge is -2.32. The van der Waals surface area contributed by atoms with Crippen molar-refractivity contribution >= 4 is 22.0 Å². The topological polar surface area (TPSA) is 38.8 Å². The molecule has 26 heavy (non-hydrogen) atoms. The van der Waals surface area contributed by atoms with Crippen LogP contribution in [-0.2, 0) is 11.3 Å². The highest BCUT2D eigenvalue weighted by molar-refractivity contribution is 9.10. The van der Waals surface area contributed by atoms with Crippen molar-refractivity contribution in [3.05, 3.63) is 28.2 Å². The van der Waals surface area contributed by atoms with E-state index >= 15 is 0 Å². The van der Waals surface area contributed by atoms with E-state index in [4.69, 9.17) is 9.47 Å². The van der Waals surface area contributed by atoms with Crippen molar-refractivity contribution in [1.29, 1.82) is 0 Å². The standard InChI is InChI=1S/C19H26BrF2NO3/c1-19(2,3)26-18(24)23(15-6-4-5-7-15)11-13-10-14(20)8-9-16(13)25-12-17(21)22/h8-10,15,17H,4-7,11-12H2,1-3H3. The van der Waals surface area contributed by atoms with Crippen LogP contribution in [0.2, 0.25) is 0 Å². The molecule has 0 bridgehead atoms. The van der Waals surface area contributed by atoms with E-state index in [9.17, 15) is 13.6 Å². The van der Waals surface area contributed by atoms with Crippen LogP contribution in [-0.4, -0.2) is 35.7 Å². The second-order valence-electron chi connectivity index (χ2n) is 7.50. The van der Waals surface area contributed by atoms with Gasteiger partial charge in [-0.15, -0.1) is 0 Å². The third kappa shape index (κ3) is 6.41. The van der Waals surface area contributed by atoms with Crippen LogP contribution in [0.4, 0.5) is 13.6 Å². The maximum Gasteiger partial charge on any atom is 0.410 e. The van der Waals surface area contributed by atoms with E-state index in [-0.39, 0.29) is 18.7 Å². The van der Waals surface area contributed by atoms with Gasteiger partial charge in [0.2, 0.25) is 0 Å². The zero-order valence-electron chi connectivity index (χ0n) is 15.4. The summed E-state index contributed by atoms with van der Waals surface area (Å²) in [5.74, 6) is 0.361. The van der Waals surface area contributed by atoms with Gasteiger partial charge < -0.3 is 14.4 Å². The zero-order valence-corrected chi connectivity index (χ0v) is 17.0. The third-order valence-corrected chi connectivity index (χ3v) is 4.61. The van der Waals surface area contributed by atoms with Crippen molar-refractivity contribution in [3.8, 4) is 5.75 Å². The molecule has 0 spiro atoms. The number of nitrogens with zero attached hydrogens (tertiary/aromatic N) is 1. The molecule has 2 rings (SSSR count). The second kappa shape index (κ2) is 9.02. The van der Waals surface area contributed by atoms with Gasteiger partial charge in [-0.05, 0) is 51.8 Å². The number of carbonyl (C=O) groups is 1. The Bertz CT molecular complexity index is 613. The van der Waals surface area contributed by atoms with Crippen LogP contribution >= 0.6 is 15.9 Å². The fraction of sp³-hybridized carbons (Fsp3) is 0.632. The summed E-state index contributed by atoms with van der Waals surface area (Å²) in [6.45, 7) is 5.07. The van der Waals surface area contributed by atoms with E-state index in [0.717, 1.165) is 30.2 Å².